The van der Waals surface area contributed by atoms with E-state index in [4.69, 9.17) is 0 Å². The first kappa shape index (κ1) is 13.8. The Morgan fingerprint density at radius 3 is 2.57 bits per heavy atom. The molecule has 0 fully saturated rings. The molecule has 0 aliphatic carbocycles. The van der Waals surface area contributed by atoms with Crippen LogP contribution in [0.15, 0.2) is 0 Å². The van der Waals surface area contributed by atoms with Gasteiger partial charge in [-0.15, -0.1) is 5.92 Å². The van der Waals surface area contributed by atoms with E-state index >= 15 is 0 Å². The monoisotopic (exact) mass is 307 g/mol. The molecular formula is C11H18INO. The fourth-order valence-electron chi connectivity index (χ4n) is 0.829. The van der Waals surface area contributed by atoms with Crippen LogP contribution in [0.2, 0.25) is 0 Å². The summed E-state index contributed by atoms with van der Waals surface area (Å²) in [7, 11) is 0. The number of alkyl halides is 1. The average Bonchev–Trinajstić information content (AvgIpc) is 2.08. The van der Waals surface area contributed by atoms with Crippen LogP contribution in [0.25, 0.3) is 0 Å². The van der Waals surface area contributed by atoms with Gasteiger partial charge in [0.15, 0.2) is 0 Å². The van der Waals surface area contributed by atoms with Crippen LogP contribution < -0.4 is 5.32 Å². The number of hydrogen-bond donors (Lipinski definition) is 1. The highest BCUT2D eigenvalue weighted by atomic mass is 127. The Morgan fingerprint density at radius 1 is 1.43 bits per heavy atom. The van der Waals surface area contributed by atoms with Gasteiger partial charge >= 0.3 is 0 Å². The zero-order valence-electron chi connectivity index (χ0n) is 9.11. The number of hydrogen-bond acceptors (Lipinski definition) is 1. The molecule has 0 unspecified atom stereocenters. The summed E-state index contributed by atoms with van der Waals surface area (Å²) in [6, 6.07) is 0. The summed E-state index contributed by atoms with van der Waals surface area (Å²) < 4.78 is 0.199. The van der Waals surface area contributed by atoms with E-state index in [1.54, 1.807) is 0 Å². The van der Waals surface area contributed by atoms with Crippen LogP contribution in [0.1, 0.15) is 40.0 Å². The van der Waals surface area contributed by atoms with Crippen molar-refractivity contribution in [3.8, 4) is 11.8 Å². The van der Waals surface area contributed by atoms with Gasteiger partial charge in [0.2, 0.25) is 5.91 Å². The highest BCUT2D eigenvalue weighted by Gasteiger charge is 2.13. The zero-order chi connectivity index (χ0) is 11.0. The van der Waals surface area contributed by atoms with E-state index in [-0.39, 0.29) is 9.33 Å². The van der Waals surface area contributed by atoms with Gasteiger partial charge in [-0.1, -0.05) is 49.3 Å². The largest absolute Gasteiger partial charge is 0.345 e. The van der Waals surface area contributed by atoms with E-state index in [1.807, 2.05) is 6.92 Å². The number of rotatable bonds is 4. The standard InChI is InChI=1S/C11H18INO/c1-4-5-6-9-13-10(14)7-8-11(2,3)12/h4,7-9H2,1-3H3,(H,13,14). The van der Waals surface area contributed by atoms with Crippen molar-refractivity contribution in [2.75, 3.05) is 6.54 Å². The van der Waals surface area contributed by atoms with Crippen molar-refractivity contribution >= 4 is 28.5 Å². The molecule has 0 spiro atoms. The first-order chi connectivity index (χ1) is 6.45. The normalized spacial score (nSPS) is 10.3. The number of nitrogens with one attached hydrogen (secondary N) is 1. The maximum absolute atomic E-state index is 11.3. The molecule has 0 bridgehead atoms. The summed E-state index contributed by atoms with van der Waals surface area (Å²) >= 11 is 2.35. The number of amides is 1. The third kappa shape index (κ3) is 9.85. The molecular weight excluding hydrogens is 289 g/mol. The van der Waals surface area contributed by atoms with E-state index in [1.165, 1.54) is 0 Å². The molecule has 1 amide bonds. The van der Waals surface area contributed by atoms with Crippen molar-refractivity contribution in [3.05, 3.63) is 0 Å². The minimum absolute atomic E-state index is 0.0974. The average molecular weight is 307 g/mol. The van der Waals surface area contributed by atoms with E-state index in [9.17, 15) is 4.79 Å². The van der Waals surface area contributed by atoms with Crippen molar-refractivity contribution in [1.82, 2.24) is 5.32 Å². The van der Waals surface area contributed by atoms with E-state index < -0.39 is 0 Å². The quantitative estimate of drug-likeness (QED) is 0.483. The topological polar surface area (TPSA) is 29.1 Å². The lowest BCUT2D eigenvalue weighted by atomic mass is 10.1. The highest BCUT2D eigenvalue weighted by Crippen LogP contribution is 2.22. The van der Waals surface area contributed by atoms with Gasteiger partial charge in [0.1, 0.15) is 0 Å². The van der Waals surface area contributed by atoms with Crippen LogP contribution in [0.3, 0.4) is 0 Å². The lowest BCUT2D eigenvalue weighted by Crippen LogP contribution is -2.25. The molecule has 80 valence electrons. The second kappa shape index (κ2) is 7.10. The lowest BCUT2D eigenvalue weighted by molar-refractivity contribution is -0.121. The van der Waals surface area contributed by atoms with Crippen LogP contribution in [0.4, 0.5) is 0 Å². The Kier molecular flexibility index (Phi) is 6.98. The molecule has 0 atom stereocenters. The minimum atomic E-state index is 0.0974. The molecule has 2 nitrogen and oxygen atoms in total. The van der Waals surface area contributed by atoms with Crippen molar-refractivity contribution in [3.63, 3.8) is 0 Å². The van der Waals surface area contributed by atoms with Crippen LogP contribution in [0.5, 0.6) is 0 Å². The van der Waals surface area contributed by atoms with Crippen molar-refractivity contribution in [2.45, 2.75) is 43.5 Å². The molecule has 0 aliphatic rings. The maximum Gasteiger partial charge on any atom is 0.220 e. The SMILES string of the molecule is CCC#CCNC(=O)CCC(C)(C)I. The minimum Gasteiger partial charge on any atom is -0.345 e. The molecule has 14 heavy (non-hydrogen) atoms. The van der Waals surface area contributed by atoms with Gasteiger partial charge in [-0.3, -0.25) is 4.79 Å². The van der Waals surface area contributed by atoms with Gasteiger partial charge in [0, 0.05) is 16.3 Å². The van der Waals surface area contributed by atoms with Crippen LogP contribution >= 0.6 is 22.6 Å². The lowest BCUT2D eigenvalue weighted by Gasteiger charge is -2.14. The molecule has 0 saturated carbocycles. The Morgan fingerprint density at radius 2 is 2.07 bits per heavy atom. The molecule has 0 heterocycles. The molecule has 0 aromatic rings. The predicted octanol–water partition coefficient (Wildman–Crippen LogP) is 2.51. The summed E-state index contributed by atoms with van der Waals surface area (Å²) in [5.41, 5.74) is 0. The number of carbonyl (C=O) groups excluding carboxylic acids is 1. The molecule has 0 aliphatic heterocycles. The number of carbonyl (C=O) groups is 1. The van der Waals surface area contributed by atoms with Crippen molar-refractivity contribution in [1.29, 1.82) is 0 Å². The predicted molar refractivity (Wildman–Crippen MR) is 68.4 cm³/mol. The van der Waals surface area contributed by atoms with Crippen LogP contribution in [-0.2, 0) is 4.79 Å². The highest BCUT2D eigenvalue weighted by molar-refractivity contribution is 14.1. The van der Waals surface area contributed by atoms with Gasteiger partial charge in [-0.25, -0.2) is 0 Å². The van der Waals surface area contributed by atoms with Crippen molar-refractivity contribution < 1.29 is 4.79 Å². The summed E-state index contributed by atoms with van der Waals surface area (Å²) in [6.45, 7) is 6.72. The van der Waals surface area contributed by atoms with E-state index in [0.29, 0.717) is 13.0 Å². The third-order valence-corrected chi connectivity index (χ3v) is 2.16. The van der Waals surface area contributed by atoms with Gasteiger partial charge in [0.25, 0.3) is 0 Å². The molecule has 0 rings (SSSR count). The van der Waals surface area contributed by atoms with Crippen LogP contribution in [0, 0.1) is 11.8 Å². The molecule has 0 aromatic heterocycles. The first-order valence-corrected chi connectivity index (χ1v) is 5.95. The fraction of sp³-hybridized carbons (Fsp3) is 0.727. The summed E-state index contributed by atoms with van der Waals surface area (Å²) in [5.74, 6) is 5.89. The Hall–Kier alpha value is -0.240. The summed E-state index contributed by atoms with van der Waals surface area (Å²) in [6.07, 6.45) is 2.33. The zero-order valence-corrected chi connectivity index (χ0v) is 11.3. The van der Waals surface area contributed by atoms with Crippen LogP contribution in [-0.4, -0.2) is 15.9 Å². The van der Waals surface area contributed by atoms with Gasteiger partial charge in [-0.2, -0.15) is 0 Å². The Bertz CT molecular complexity index is 232. The van der Waals surface area contributed by atoms with E-state index in [0.717, 1.165) is 12.8 Å². The maximum atomic E-state index is 11.3. The summed E-state index contributed by atoms with van der Waals surface area (Å²) in [4.78, 5) is 11.3. The van der Waals surface area contributed by atoms with Gasteiger partial charge in [-0.05, 0) is 6.42 Å². The molecule has 0 saturated heterocycles. The molecule has 0 aromatic carbocycles. The smallest absolute Gasteiger partial charge is 0.220 e. The van der Waals surface area contributed by atoms with Gasteiger partial charge in [0.05, 0.1) is 6.54 Å². The fourth-order valence-corrected chi connectivity index (χ4v) is 1.10. The third-order valence-electron chi connectivity index (χ3n) is 1.62. The van der Waals surface area contributed by atoms with E-state index in [2.05, 4.69) is 53.6 Å². The molecule has 0 radical (unpaired) electrons. The molecule has 1 N–H and O–H groups in total. The number of halogens is 1. The molecule has 3 heteroatoms. The summed E-state index contributed by atoms with van der Waals surface area (Å²) in [5, 5.41) is 2.77. The Labute approximate surface area is 100 Å². The van der Waals surface area contributed by atoms with Gasteiger partial charge < -0.3 is 5.32 Å². The second-order valence-electron chi connectivity index (χ2n) is 3.70. The Balaban J connectivity index is 3.57. The van der Waals surface area contributed by atoms with Crippen molar-refractivity contribution in [2.24, 2.45) is 0 Å². The first-order valence-electron chi connectivity index (χ1n) is 4.87. The second-order valence-corrected chi connectivity index (χ2v) is 6.62.